The molecule has 2 aromatic rings. The molecule has 2 heterocycles. The van der Waals surface area contributed by atoms with Gasteiger partial charge in [-0.3, -0.25) is 4.98 Å². The molecule has 1 aliphatic heterocycles. The van der Waals surface area contributed by atoms with Crippen molar-refractivity contribution in [2.75, 3.05) is 7.05 Å². The fourth-order valence-electron chi connectivity index (χ4n) is 3.58. The normalized spacial score (nSPS) is 20.0. The van der Waals surface area contributed by atoms with E-state index >= 15 is 0 Å². The van der Waals surface area contributed by atoms with Gasteiger partial charge in [0.05, 0.1) is 5.54 Å². The Morgan fingerprint density at radius 1 is 1.17 bits per heavy atom. The Morgan fingerprint density at radius 2 is 1.91 bits per heavy atom. The number of pyridine rings is 1. The van der Waals surface area contributed by atoms with Gasteiger partial charge in [0.25, 0.3) is 0 Å². The summed E-state index contributed by atoms with van der Waals surface area (Å²) in [4.78, 5) is 6.99. The van der Waals surface area contributed by atoms with Crippen molar-refractivity contribution in [1.29, 1.82) is 0 Å². The number of rotatable bonds is 3. The molecule has 0 fully saturated rings. The highest BCUT2D eigenvalue weighted by molar-refractivity contribution is 5.61. The van der Waals surface area contributed by atoms with Gasteiger partial charge in [0.15, 0.2) is 0 Å². The van der Waals surface area contributed by atoms with Crippen LogP contribution in [0, 0.1) is 12.8 Å². The minimum Gasteiger partial charge on any atom is -0.367 e. The number of hydrogen-bond acceptors (Lipinski definition) is 2. The van der Waals surface area contributed by atoms with Gasteiger partial charge in [0.1, 0.15) is 0 Å². The third kappa shape index (κ3) is 2.67. The molecule has 0 bridgehead atoms. The van der Waals surface area contributed by atoms with Crippen molar-refractivity contribution >= 4 is 6.08 Å². The van der Waals surface area contributed by atoms with Crippen molar-refractivity contribution in [3.05, 3.63) is 70.7 Å². The zero-order valence-electron chi connectivity index (χ0n) is 14.8. The number of aryl methyl sites for hydroxylation is 1. The van der Waals surface area contributed by atoms with E-state index in [4.69, 9.17) is 0 Å². The summed E-state index contributed by atoms with van der Waals surface area (Å²) in [6, 6.07) is 11.0. The highest BCUT2D eigenvalue weighted by atomic mass is 15.2. The molecule has 1 atom stereocenters. The standard InChI is InChI=1S/C21H26N2/c1-15(2)12-18-13-20-17(14-22-18)10-11-23(5)21(20,4)19-9-7-6-8-16(19)3/h6-11,13-15H,12H2,1-5H3. The molecule has 0 N–H and O–H groups in total. The first kappa shape index (κ1) is 15.8. The fraction of sp³-hybridized carbons (Fsp3) is 0.381. The molecule has 23 heavy (non-hydrogen) atoms. The van der Waals surface area contributed by atoms with E-state index in [1.165, 1.54) is 27.9 Å². The maximum absolute atomic E-state index is 4.67. The van der Waals surface area contributed by atoms with E-state index in [-0.39, 0.29) is 5.54 Å². The van der Waals surface area contributed by atoms with Gasteiger partial charge in [-0.25, -0.2) is 0 Å². The average Bonchev–Trinajstić information content (AvgIpc) is 2.51. The number of hydrogen-bond donors (Lipinski definition) is 0. The van der Waals surface area contributed by atoms with Crippen LogP contribution in [0.25, 0.3) is 6.08 Å². The number of benzene rings is 1. The molecule has 0 saturated heterocycles. The summed E-state index contributed by atoms with van der Waals surface area (Å²) >= 11 is 0. The van der Waals surface area contributed by atoms with Crippen molar-refractivity contribution in [3.63, 3.8) is 0 Å². The Balaban J connectivity index is 2.19. The van der Waals surface area contributed by atoms with Gasteiger partial charge < -0.3 is 4.90 Å². The monoisotopic (exact) mass is 306 g/mol. The van der Waals surface area contributed by atoms with Gasteiger partial charge in [-0.15, -0.1) is 0 Å². The summed E-state index contributed by atoms with van der Waals surface area (Å²) in [7, 11) is 2.16. The zero-order chi connectivity index (χ0) is 16.6. The van der Waals surface area contributed by atoms with Crippen LogP contribution >= 0.6 is 0 Å². The average molecular weight is 306 g/mol. The Hall–Kier alpha value is -2.09. The van der Waals surface area contributed by atoms with Crippen molar-refractivity contribution in [1.82, 2.24) is 9.88 Å². The second-order valence-electron chi connectivity index (χ2n) is 7.17. The maximum Gasteiger partial charge on any atom is 0.0878 e. The minimum absolute atomic E-state index is 0.163. The molecular weight excluding hydrogens is 280 g/mol. The molecule has 0 saturated carbocycles. The predicted molar refractivity (Wildman–Crippen MR) is 97.2 cm³/mol. The van der Waals surface area contributed by atoms with Gasteiger partial charge in [-0.2, -0.15) is 0 Å². The molecule has 3 rings (SSSR count). The van der Waals surface area contributed by atoms with Gasteiger partial charge in [0.2, 0.25) is 0 Å². The number of aromatic nitrogens is 1. The molecule has 0 amide bonds. The van der Waals surface area contributed by atoms with Gasteiger partial charge in [-0.05, 0) is 55.0 Å². The molecule has 1 unspecified atom stereocenters. The van der Waals surface area contributed by atoms with Gasteiger partial charge in [0, 0.05) is 30.7 Å². The fourth-order valence-corrected chi connectivity index (χ4v) is 3.58. The third-order valence-electron chi connectivity index (χ3n) is 4.99. The van der Waals surface area contributed by atoms with Crippen LogP contribution in [-0.2, 0) is 12.0 Å². The van der Waals surface area contributed by atoms with Crippen molar-refractivity contribution in [3.8, 4) is 0 Å². The Kier molecular flexibility index (Phi) is 4.01. The summed E-state index contributed by atoms with van der Waals surface area (Å²) < 4.78 is 0. The van der Waals surface area contributed by atoms with E-state index in [1.54, 1.807) is 0 Å². The van der Waals surface area contributed by atoms with Crippen molar-refractivity contribution in [2.24, 2.45) is 5.92 Å². The van der Waals surface area contributed by atoms with E-state index in [2.05, 4.69) is 87.2 Å². The Morgan fingerprint density at radius 3 is 2.61 bits per heavy atom. The zero-order valence-corrected chi connectivity index (χ0v) is 14.8. The summed E-state index contributed by atoms with van der Waals surface area (Å²) in [6.45, 7) is 9.00. The SMILES string of the molecule is Cc1ccccc1C1(C)c2cc(CC(C)C)ncc2C=CN1C. The van der Waals surface area contributed by atoms with Crippen LogP contribution in [0.3, 0.4) is 0 Å². The second-order valence-corrected chi connectivity index (χ2v) is 7.17. The van der Waals surface area contributed by atoms with Crippen LogP contribution in [0.2, 0.25) is 0 Å². The smallest absolute Gasteiger partial charge is 0.0878 e. The molecule has 2 nitrogen and oxygen atoms in total. The van der Waals surface area contributed by atoms with E-state index in [0.717, 1.165) is 6.42 Å². The molecule has 1 aliphatic rings. The molecule has 0 spiro atoms. The van der Waals surface area contributed by atoms with E-state index in [0.29, 0.717) is 5.92 Å². The van der Waals surface area contributed by atoms with Crippen LogP contribution in [0.1, 0.15) is 48.7 Å². The topological polar surface area (TPSA) is 16.1 Å². The predicted octanol–water partition coefficient (Wildman–Crippen LogP) is 4.77. The highest BCUT2D eigenvalue weighted by Gasteiger charge is 2.37. The lowest BCUT2D eigenvalue weighted by atomic mass is 9.77. The summed E-state index contributed by atoms with van der Waals surface area (Å²) in [5, 5.41) is 0. The molecule has 120 valence electrons. The third-order valence-corrected chi connectivity index (χ3v) is 4.99. The number of fused-ring (bicyclic) bond motifs is 1. The van der Waals surface area contributed by atoms with Crippen LogP contribution in [-0.4, -0.2) is 16.9 Å². The lowest BCUT2D eigenvalue weighted by Gasteiger charge is -2.43. The van der Waals surface area contributed by atoms with Gasteiger partial charge >= 0.3 is 0 Å². The summed E-state index contributed by atoms with van der Waals surface area (Å²) in [5.41, 5.74) is 6.27. The van der Waals surface area contributed by atoms with Crippen LogP contribution < -0.4 is 0 Å². The van der Waals surface area contributed by atoms with E-state index < -0.39 is 0 Å². The molecule has 0 radical (unpaired) electrons. The molecular formula is C21H26N2. The first-order valence-electron chi connectivity index (χ1n) is 8.39. The Bertz CT molecular complexity index is 745. The lowest BCUT2D eigenvalue weighted by Crippen LogP contribution is -2.42. The van der Waals surface area contributed by atoms with Crippen molar-refractivity contribution in [2.45, 2.75) is 39.7 Å². The first-order chi connectivity index (χ1) is 10.9. The van der Waals surface area contributed by atoms with Crippen LogP contribution in [0.15, 0.2) is 42.7 Å². The second kappa shape index (κ2) is 5.84. The molecule has 0 aliphatic carbocycles. The molecule has 1 aromatic heterocycles. The maximum atomic E-state index is 4.67. The molecule has 2 heteroatoms. The van der Waals surface area contributed by atoms with E-state index in [1.807, 2.05) is 6.20 Å². The highest BCUT2D eigenvalue weighted by Crippen LogP contribution is 2.41. The Labute approximate surface area is 139 Å². The first-order valence-corrected chi connectivity index (χ1v) is 8.39. The van der Waals surface area contributed by atoms with Crippen molar-refractivity contribution < 1.29 is 0 Å². The van der Waals surface area contributed by atoms with E-state index in [9.17, 15) is 0 Å². The quantitative estimate of drug-likeness (QED) is 0.812. The van der Waals surface area contributed by atoms with Crippen LogP contribution in [0.4, 0.5) is 0 Å². The minimum atomic E-state index is -0.163. The van der Waals surface area contributed by atoms with Gasteiger partial charge in [-0.1, -0.05) is 38.1 Å². The largest absolute Gasteiger partial charge is 0.367 e. The lowest BCUT2D eigenvalue weighted by molar-refractivity contribution is 0.250. The summed E-state index contributed by atoms with van der Waals surface area (Å²) in [5.74, 6) is 0.613. The van der Waals surface area contributed by atoms with Crippen LogP contribution in [0.5, 0.6) is 0 Å². The summed E-state index contributed by atoms with van der Waals surface area (Å²) in [6.07, 6.45) is 7.39. The molecule has 1 aromatic carbocycles. The number of nitrogens with zero attached hydrogens (tertiary/aromatic N) is 2.